The molecule has 0 saturated heterocycles. The van der Waals surface area contributed by atoms with Gasteiger partial charge in [0.25, 0.3) is 0 Å². The second kappa shape index (κ2) is 9.47. The van der Waals surface area contributed by atoms with Gasteiger partial charge in [0.2, 0.25) is 11.9 Å². The lowest BCUT2D eigenvalue weighted by Gasteiger charge is -2.29. The van der Waals surface area contributed by atoms with E-state index in [1.165, 1.54) is 0 Å². The molecule has 0 unspecified atom stereocenters. The van der Waals surface area contributed by atoms with Gasteiger partial charge in [-0.2, -0.15) is 21.8 Å². The van der Waals surface area contributed by atoms with Gasteiger partial charge in [-0.25, -0.2) is 9.67 Å². The molecule has 2 N–H and O–H groups in total. The fourth-order valence-corrected chi connectivity index (χ4v) is 4.61. The molecule has 1 saturated carbocycles. The number of fused-ring (bicyclic) bond motifs is 1. The molecule has 0 spiro atoms. The fourth-order valence-electron chi connectivity index (χ4n) is 4.03. The normalized spacial score (nSPS) is 20.1. The summed E-state index contributed by atoms with van der Waals surface area (Å²) in [5.74, 6) is 2.59. The van der Waals surface area contributed by atoms with Crippen LogP contribution in [0.2, 0.25) is 0 Å². The Morgan fingerprint density at radius 2 is 2.03 bits per heavy atom. The lowest BCUT2D eigenvalue weighted by molar-refractivity contribution is -0.126. The number of anilines is 1. The van der Waals surface area contributed by atoms with Gasteiger partial charge in [-0.1, -0.05) is 18.2 Å². The second-order valence-corrected chi connectivity index (χ2v) is 8.82. The number of carbonyl (C=O) groups excluding carboxylic acids is 1. The molecule has 8 heteroatoms. The van der Waals surface area contributed by atoms with Crippen molar-refractivity contribution in [2.45, 2.75) is 44.7 Å². The Balaban J connectivity index is 1.36. The van der Waals surface area contributed by atoms with E-state index >= 15 is 0 Å². The third-order valence-corrected chi connectivity index (χ3v) is 6.40. The summed E-state index contributed by atoms with van der Waals surface area (Å²) in [4.78, 5) is 21.5. The van der Waals surface area contributed by atoms with Crippen LogP contribution in [0.15, 0.2) is 42.7 Å². The molecule has 1 aliphatic carbocycles. The summed E-state index contributed by atoms with van der Waals surface area (Å²) in [5.41, 5.74) is 1.02. The van der Waals surface area contributed by atoms with E-state index in [1.54, 1.807) is 18.0 Å². The third kappa shape index (κ3) is 4.75. The summed E-state index contributed by atoms with van der Waals surface area (Å²) in [6.45, 7) is 2.06. The molecule has 1 aliphatic rings. The van der Waals surface area contributed by atoms with Crippen LogP contribution in [-0.4, -0.2) is 49.7 Å². The molecule has 1 amide bonds. The van der Waals surface area contributed by atoms with Crippen molar-refractivity contribution >= 4 is 34.5 Å². The van der Waals surface area contributed by atoms with Gasteiger partial charge < -0.3 is 10.6 Å². The van der Waals surface area contributed by atoms with E-state index in [1.807, 2.05) is 41.2 Å². The molecule has 0 radical (unpaired) electrons. The summed E-state index contributed by atoms with van der Waals surface area (Å²) < 4.78 is 1.83. The number of para-hydroxylation sites is 1. The van der Waals surface area contributed by atoms with E-state index in [4.69, 9.17) is 0 Å². The lowest BCUT2D eigenvalue weighted by atomic mass is 9.85. The number of carbonyl (C=O) groups is 1. The van der Waals surface area contributed by atoms with Crippen LogP contribution >= 0.6 is 11.8 Å². The zero-order chi connectivity index (χ0) is 20.9. The lowest BCUT2D eigenvalue weighted by Crippen LogP contribution is -2.41. The first-order valence-corrected chi connectivity index (χ1v) is 11.9. The average molecular weight is 425 g/mol. The van der Waals surface area contributed by atoms with E-state index in [2.05, 4.69) is 38.9 Å². The number of rotatable bonds is 7. The molecule has 2 aromatic heterocycles. The SMILES string of the molecule is CSC[C@H](C)NC(=O)[C@H]1CC[C@H](Nc2nccc(-n3ncc4ccccc43)n2)CC1. The number of benzene rings is 1. The van der Waals surface area contributed by atoms with Gasteiger partial charge in [-0.3, -0.25) is 4.79 Å². The van der Waals surface area contributed by atoms with Gasteiger partial charge in [0.1, 0.15) is 0 Å². The largest absolute Gasteiger partial charge is 0.353 e. The number of nitrogens with one attached hydrogen (secondary N) is 2. The minimum absolute atomic E-state index is 0.107. The van der Waals surface area contributed by atoms with Crippen molar-refractivity contribution in [3.63, 3.8) is 0 Å². The van der Waals surface area contributed by atoms with Crippen molar-refractivity contribution in [2.24, 2.45) is 5.92 Å². The molecule has 1 aromatic carbocycles. The van der Waals surface area contributed by atoms with Crippen LogP contribution in [-0.2, 0) is 4.79 Å². The standard InChI is InChI=1S/C22H28N6OS/c1-15(14-30-2)25-21(29)16-7-9-18(10-8-16)26-22-23-12-11-20(27-22)28-19-6-4-3-5-17(19)13-24-28/h3-6,11-13,15-16,18H,7-10,14H2,1-2H3,(H,25,29)(H,23,26,27)/t15-,16-,18-/m0/s1. The fraction of sp³-hybridized carbons (Fsp3) is 0.455. The topological polar surface area (TPSA) is 84.7 Å². The van der Waals surface area contributed by atoms with E-state index in [9.17, 15) is 4.79 Å². The van der Waals surface area contributed by atoms with Crippen LogP contribution in [0.3, 0.4) is 0 Å². The van der Waals surface area contributed by atoms with Crippen LogP contribution in [0.5, 0.6) is 0 Å². The average Bonchev–Trinajstić information content (AvgIpc) is 3.19. The molecule has 2 heterocycles. The highest BCUT2D eigenvalue weighted by molar-refractivity contribution is 7.98. The van der Waals surface area contributed by atoms with E-state index in [0.29, 0.717) is 5.95 Å². The number of nitrogens with zero attached hydrogens (tertiary/aromatic N) is 4. The quantitative estimate of drug-likeness (QED) is 0.602. The maximum absolute atomic E-state index is 12.5. The smallest absolute Gasteiger partial charge is 0.224 e. The predicted octanol–water partition coefficient (Wildman–Crippen LogP) is 3.65. The van der Waals surface area contributed by atoms with Gasteiger partial charge in [0, 0.05) is 41.4 Å². The van der Waals surface area contributed by atoms with Crippen molar-refractivity contribution < 1.29 is 4.79 Å². The Hall–Kier alpha value is -2.61. The van der Waals surface area contributed by atoms with Crippen LogP contribution < -0.4 is 10.6 Å². The minimum atomic E-state index is 0.107. The van der Waals surface area contributed by atoms with E-state index in [-0.39, 0.29) is 23.9 Å². The first-order chi connectivity index (χ1) is 14.6. The maximum Gasteiger partial charge on any atom is 0.224 e. The zero-order valence-corrected chi connectivity index (χ0v) is 18.2. The molecule has 1 atom stereocenters. The van der Waals surface area contributed by atoms with Crippen molar-refractivity contribution in [3.8, 4) is 5.82 Å². The summed E-state index contributed by atoms with van der Waals surface area (Å²) in [6, 6.07) is 10.4. The monoisotopic (exact) mass is 424 g/mol. The summed E-state index contributed by atoms with van der Waals surface area (Å²) >= 11 is 1.76. The minimum Gasteiger partial charge on any atom is -0.353 e. The zero-order valence-electron chi connectivity index (χ0n) is 17.4. The first kappa shape index (κ1) is 20.7. The highest BCUT2D eigenvalue weighted by Gasteiger charge is 2.27. The van der Waals surface area contributed by atoms with E-state index < -0.39 is 0 Å². The van der Waals surface area contributed by atoms with Crippen LogP contribution in [0.4, 0.5) is 5.95 Å². The number of hydrogen-bond donors (Lipinski definition) is 2. The molecule has 1 fully saturated rings. The maximum atomic E-state index is 12.5. The van der Waals surface area contributed by atoms with Crippen LogP contribution in [0.1, 0.15) is 32.6 Å². The molecule has 4 rings (SSSR count). The molecule has 30 heavy (non-hydrogen) atoms. The molecule has 7 nitrogen and oxygen atoms in total. The van der Waals surface area contributed by atoms with E-state index in [0.717, 1.165) is 48.2 Å². The van der Waals surface area contributed by atoms with Crippen molar-refractivity contribution in [2.75, 3.05) is 17.3 Å². The van der Waals surface area contributed by atoms with Gasteiger partial charge in [-0.05, 0) is 44.9 Å². The molecular formula is C22H28N6OS. The van der Waals surface area contributed by atoms with Gasteiger partial charge >= 0.3 is 0 Å². The van der Waals surface area contributed by atoms with Gasteiger partial charge in [0.15, 0.2) is 5.82 Å². The molecule has 3 aromatic rings. The third-order valence-electron chi connectivity index (χ3n) is 5.57. The molecule has 0 aliphatic heterocycles. The Labute approximate surface area is 181 Å². The highest BCUT2D eigenvalue weighted by atomic mass is 32.2. The van der Waals surface area contributed by atoms with Crippen LogP contribution in [0, 0.1) is 5.92 Å². The molecular weight excluding hydrogens is 396 g/mol. The Kier molecular flexibility index (Phi) is 6.52. The predicted molar refractivity (Wildman–Crippen MR) is 122 cm³/mol. The summed E-state index contributed by atoms with van der Waals surface area (Å²) in [5, 5.41) is 12.1. The Morgan fingerprint density at radius 3 is 2.83 bits per heavy atom. The van der Waals surface area contributed by atoms with Gasteiger partial charge in [0.05, 0.1) is 11.7 Å². The molecule has 158 valence electrons. The summed E-state index contributed by atoms with van der Waals surface area (Å²) in [6.07, 6.45) is 9.31. The Bertz CT molecular complexity index is 998. The molecule has 0 bridgehead atoms. The number of aromatic nitrogens is 4. The second-order valence-electron chi connectivity index (χ2n) is 7.91. The number of thioether (sulfide) groups is 1. The van der Waals surface area contributed by atoms with Crippen molar-refractivity contribution in [3.05, 3.63) is 42.7 Å². The van der Waals surface area contributed by atoms with Crippen LogP contribution in [0.25, 0.3) is 16.7 Å². The summed E-state index contributed by atoms with van der Waals surface area (Å²) in [7, 11) is 0. The van der Waals surface area contributed by atoms with Crippen molar-refractivity contribution in [1.29, 1.82) is 0 Å². The first-order valence-electron chi connectivity index (χ1n) is 10.5. The number of hydrogen-bond acceptors (Lipinski definition) is 6. The number of amides is 1. The van der Waals surface area contributed by atoms with Crippen molar-refractivity contribution in [1.82, 2.24) is 25.1 Å². The van der Waals surface area contributed by atoms with Gasteiger partial charge in [-0.15, -0.1) is 0 Å². The Morgan fingerprint density at radius 1 is 1.23 bits per heavy atom. The highest BCUT2D eigenvalue weighted by Crippen LogP contribution is 2.26.